The van der Waals surface area contributed by atoms with E-state index in [1.165, 1.54) is 4.90 Å². The van der Waals surface area contributed by atoms with Crippen LogP contribution in [0.15, 0.2) is 84.9 Å². The molecule has 1 amide bonds. The van der Waals surface area contributed by atoms with Crippen LogP contribution in [-0.4, -0.2) is 55.4 Å². The van der Waals surface area contributed by atoms with E-state index >= 15 is 0 Å². The summed E-state index contributed by atoms with van der Waals surface area (Å²) in [7, 11) is 1.00. The van der Waals surface area contributed by atoms with E-state index in [9.17, 15) is 14.7 Å². The van der Waals surface area contributed by atoms with Gasteiger partial charge in [-0.2, -0.15) is 0 Å². The smallest absolute Gasteiger partial charge is 0.331 e. The quantitative estimate of drug-likeness (QED) is 0.487. The van der Waals surface area contributed by atoms with E-state index in [0.717, 1.165) is 23.9 Å². The maximum absolute atomic E-state index is 13.5. The van der Waals surface area contributed by atoms with Crippen LogP contribution in [0.25, 0.3) is 17.1 Å². The van der Waals surface area contributed by atoms with Gasteiger partial charge in [-0.3, -0.25) is 4.79 Å². The van der Waals surface area contributed by atoms with Gasteiger partial charge >= 0.3 is 5.97 Å². The van der Waals surface area contributed by atoms with Crippen molar-refractivity contribution < 1.29 is 19.8 Å². The number of aromatic nitrogens is 3. The zero-order valence-electron chi connectivity index (χ0n) is 18.6. The largest absolute Gasteiger partial charge is 0.479 e. The van der Waals surface area contributed by atoms with Gasteiger partial charge in [0.15, 0.2) is 11.9 Å². The van der Waals surface area contributed by atoms with Gasteiger partial charge in [0.05, 0.1) is 5.69 Å². The Morgan fingerprint density at radius 2 is 1.50 bits per heavy atom. The normalized spacial score (nSPS) is 14.5. The van der Waals surface area contributed by atoms with Gasteiger partial charge in [0.1, 0.15) is 0 Å². The van der Waals surface area contributed by atoms with Gasteiger partial charge in [0.25, 0.3) is 5.91 Å². The molecule has 2 heterocycles. The third-order valence-corrected chi connectivity index (χ3v) is 5.61. The number of benzene rings is 3. The van der Waals surface area contributed by atoms with Crippen molar-refractivity contribution in [3.63, 3.8) is 0 Å². The molecule has 1 aliphatic rings. The third kappa shape index (κ3) is 4.31. The number of para-hydroxylation sites is 1. The maximum Gasteiger partial charge on any atom is 0.331 e. The zero-order chi connectivity index (χ0) is 24.1. The van der Waals surface area contributed by atoms with E-state index in [1.807, 2.05) is 72.8 Å². The Hall–Kier alpha value is -4.30. The molecular weight excluding hydrogens is 432 g/mol. The fourth-order valence-electron chi connectivity index (χ4n) is 4.11. The average Bonchev–Trinajstić information content (AvgIpc) is 3.35. The number of nitrogens with zero attached hydrogens (tertiary/aromatic N) is 4. The summed E-state index contributed by atoms with van der Waals surface area (Å²) in [5.74, 6) is -1.09. The number of rotatable bonds is 4. The molecule has 8 nitrogen and oxygen atoms in total. The molecule has 4 aromatic rings. The van der Waals surface area contributed by atoms with E-state index in [1.54, 1.807) is 16.8 Å². The number of carboxylic acid groups (broad SMARTS) is 1. The van der Waals surface area contributed by atoms with Gasteiger partial charge in [0.2, 0.25) is 5.82 Å². The monoisotopic (exact) mass is 456 g/mol. The molecule has 34 heavy (non-hydrogen) atoms. The minimum atomic E-state index is -1.07. The molecule has 1 aromatic heterocycles. The molecule has 2 N–H and O–H groups in total. The number of carboxylic acids is 1. The van der Waals surface area contributed by atoms with Crippen LogP contribution in [0.2, 0.25) is 0 Å². The maximum atomic E-state index is 13.5. The second-order valence-corrected chi connectivity index (χ2v) is 7.56. The summed E-state index contributed by atoms with van der Waals surface area (Å²) in [6.45, 7) is 0.285. The van der Waals surface area contributed by atoms with Crippen molar-refractivity contribution in [1.29, 1.82) is 0 Å². The standard InChI is InChI=1S/C25H20N4O3.CH4O/c30-24(28-16-15-17-9-7-8-14-20(17)21(28)25(31)32)22-26-23(18-10-3-1-4-11-18)29(27-22)19-12-5-2-6-13-19;1-2/h1-14,21H,15-16H2,(H,31,32);2H,1H3. The van der Waals surface area contributed by atoms with Crippen LogP contribution >= 0.6 is 0 Å². The van der Waals surface area contributed by atoms with Gasteiger partial charge in [-0.05, 0) is 29.7 Å². The van der Waals surface area contributed by atoms with Crippen molar-refractivity contribution in [2.24, 2.45) is 0 Å². The first-order valence-electron chi connectivity index (χ1n) is 10.8. The molecule has 172 valence electrons. The second kappa shape index (κ2) is 10.1. The molecule has 3 aromatic carbocycles. The van der Waals surface area contributed by atoms with Gasteiger partial charge in [-0.1, -0.05) is 72.8 Å². The lowest BCUT2D eigenvalue weighted by Crippen LogP contribution is -2.44. The van der Waals surface area contributed by atoms with Crippen molar-refractivity contribution >= 4 is 11.9 Å². The Balaban J connectivity index is 0.00000133. The Kier molecular flexibility index (Phi) is 6.79. The van der Waals surface area contributed by atoms with Gasteiger partial charge in [0, 0.05) is 19.2 Å². The second-order valence-electron chi connectivity index (χ2n) is 7.56. The third-order valence-electron chi connectivity index (χ3n) is 5.61. The molecule has 1 unspecified atom stereocenters. The number of hydrogen-bond acceptors (Lipinski definition) is 5. The number of fused-ring (bicyclic) bond motifs is 1. The molecule has 8 heteroatoms. The first-order chi connectivity index (χ1) is 16.6. The van der Waals surface area contributed by atoms with Crippen LogP contribution in [0.5, 0.6) is 0 Å². The van der Waals surface area contributed by atoms with Crippen LogP contribution < -0.4 is 0 Å². The predicted molar refractivity (Wildman–Crippen MR) is 126 cm³/mol. The fraction of sp³-hybridized carbons (Fsp3) is 0.154. The fourth-order valence-corrected chi connectivity index (χ4v) is 4.11. The summed E-state index contributed by atoms with van der Waals surface area (Å²) in [4.78, 5) is 31.5. The molecule has 1 aliphatic heterocycles. The van der Waals surface area contributed by atoms with Crippen molar-refractivity contribution in [2.75, 3.05) is 13.7 Å². The zero-order valence-corrected chi connectivity index (χ0v) is 18.6. The number of aliphatic hydroxyl groups excluding tert-OH is 1. The van der Waals surface area contributed by atoms with Crippen LogP contribution in [0.1, 0.15) is 27.8 Å². The van der Waals surface area contributed by atoms with E-state index in [-0.39, 0.29) is 12.4 Å². The highest BCUT2D eigenvalue weighted by atomic mass is 16.4. The molecule has 0 radical (unpaired) electrons. The highest BCUT2D eigenvalue weighted by molar-refractivity contribution is 5.94. The number of carbonyl (C=O) groups is 2. The topological polar surface area (TPSA) is 109 Å². The summed E-state index contributed by atoms with van der Waals surface area (Å²) >= 11 is 0. The van der Waals surface area contributed by atoms with Crippen molar-refractivity contribution in [1.82, 2.24) is 19.7 Å². The molecule has 1 atom stereocenters. The minimum Gasteiger partial charge on any atom is -0.479 e. The molecular formula is C26H24N4O4. The van der Waals surface area contributed by atoms with Crippen LogP contribution in [-0.2, 0) is 11.2 Å². The lowest BCUT2D eigenvalue weighted by Gasteiger charge is -2.34. The Labute approximate surface area is 196 Å². The summed E-state index contributed by atoms with van der Waals surface area (Å²) in [5.41, 5.74) is 3.14. The first kappa shape index (κ1) is 22.9. The molecule has 0 aliphatic carbocycles. The molecule has 0 saturated carbocycles. The van der Waals surface area contributed by atoms with E-state index in [4.69, 9.17) is 5.11 Å². The van der Waals surface area contributed by atoms with Crippen LogP contribution in [0, 0.1) is 0 Å². The number of hydrogen-bond donors (Lipinski definition) is 2. The first-order valence-corrected chi connectivity index (χ1v) is 10.8. The summed E-state index contributed by atoms with van der Waals surface area (Å²) in [6, 6.07) is 25.2. The Morgan fingerprint density at radius 1 is 0.882 bits per heavy atom. The van der Waals surface area contributed by atoms with E-state index in [0.29, 0.717) is 17.8 Å². The lowest BCUT2D eigenvalue weighted by atomic mass is 9.92. The van der Waals surface area contributed by atoms with E-state index in [2.05, 4.69) is 10.1 Å². The number of carbonyl (C=O) groups excluding carboxylic acids is 1. The van der Waals surface area contributed by atoms with Crippen molar-refractivity contribution in [3.05, 3.63) is 102 Å². The highest BCUT2D eigenvalue weighted by Crippen LogP contribution is 2.31. The summed E-state index contributed by atoms with van der Waals surface area (Å²) < 4.78 is 1.62. The SMILES string of the molecule is CO.O=C(O)C1c2ccccc2CCN1C(=O)c1nc(-c2ccccc2)n(-c2ccccc2)n1. The highest BCUT2D eigenvalue weighted by Gasteiger charge is 2.37. The predicted octanol–water partition coefficient (Wildman–Crippen LogP) is 3.37. The Bertz CT molecular complexity index is 1230. The van der Waals surface area contributed by atoms with Gasteiger partial charge < -0.3 is 15.1 Å². The number of aliphatic carboxylic acids is 1. The minimum absolute atomic E-state index is 0.0293. The molecule has 0 spiro atoms. The van der Waals surface area contributed by atoms with Gasteiger partial charge in [-0.15, -0.1) is 5.10 Å². The summed E-state index contributed by atoms with van der Waals surface area (Å²) in [5, 5.41) is 21.4. The molecule has 0 fully saturated rings. The molecule has 0 saturated heterocycles. The van der Waals surface area contributed by atoms with Crippen molar-refractivity contribution in [3.8, 4) is 17.1 Å². The lowest BCUT2D eigenvalue weighted by molar-refractivity contribution is -0.143. The number of amides is 1. The van der Waals surface area contributed by atoms with Gasteiger partial charge in [-0.25, -0.2) is 14.5 Å². The summed E-state index contributed by atoms with van der Waals surface area (Å²) in [6.07, 6.45) is 0.580. The van der Waals surface area contributed by atoms with Crippen molar-refractivity contribution in [2.45, 2.75) is 12.5 Å². The molecule has 0 bridgehead atoms. The number of aliphatic hydroxyl groups is 1. The van der Waals surface area contributed by atoms with Crippen LogP contribution in [0.4, 0.5) is 0 Å². The Morgan fingerprint density at radius 3 is 2.18 bits per heavy atom. The van der Waals surface area contributed by atoms with E-state index < -0.39 is 17.9 Å². The average molecular weight is 457 g/mol. The van der Waals surface area contributed by atoms with Crippen LogP contribution in [0.3, 0.4) is 0 Å². The molecule has 5 rings (SSSR count).